The number of ketones is 1. The van der Waals surface area contributed by atoms with E-state index in [0.29, 0.717) is 23.4 Å². The molecule has 1 aromatic heterocycles. The first-order chi connectivity index (χ1) is 17.0. The number of nitrogens with one attached hydrogen (secondary N) is 1. The maximum absolute atomic E-state index is 13.7. The van der Waals surface area contributed by atoms with E-state index in [-0.39, 0.29) is 24.0 Å². The van der Waals surface area contributed by atoms with Crippen LogP contribution >= 0.6 is 11.3 Å². The molecule has 1 heterocycles. The zero-order valence-corrected chi connectivity index (χ0v) is 20.2. The molecule has 0 aliphatic rings. The zero-order chi connectivity index (χ0) is 24.6. The first kappa shape index (κ1) is 24.1. The highest BCUT2D eigenvalue weighted by Gasteiger charge is 2.32. The van der Waals surface area contributed by atoms with Crippen LogP contribution in [0.5, 0.6) is 0 Å². The molecule has 5 nitrogen and oxygen atoms in total. The minimum atomic E-state index is -0.879. The van der Waals surface area contributed by atoms with Crippen LogP contribution in [0.1, 0.15) is 39.3 Å². The van der Waals surface area contributed by atoms with E-state index in [2.05, 4.69) is 5.32 Å². The molecule has 3 aromatic carbocycles. The summed E-state index contributed by atoms with van der Waals surface area (Å²) in [5, 5.41) is 4.93. The largest absolute Gasteiger partial charge is 0.350 e. The number of carbonyl (C=O) groups is 3. The van der Waals surface area contributed by atoms with E-state index in [1.165, 1.54) is 18.3 Å². The Bertz CT molecular complexity index is 1270. The summed E-state index contributed by atoms with van der Waals surface area (Å²) in [7, 11) is 0. The Morgan fingerprint density at radius 1 is 0.829 bits per heavy atom. The van der Waals surface area contributed by atoms with Gasteiger partial charge in [-0.15, -0.1) is 11.3 Å². The van der Waals surface area contributed by atoms with Crippen molar-refractivity contribution in [1.29, 1.82) is 0 Å². The summed E-state index contributed by atoms with van der Waals surface area (Å²) >= 11 is 1.50. The number of nitrogens with zero attached hydrogens (tertiary/aromatic N) is 1. The lowest BCUT2D eigenvalue weighted by Gasteiger charge is -2.31. The van der Waals surface area contributed by atoms with Crippen molar-refractivity contribution in [2.24, 2.45) is 0 Å². The smallest absolute Gasteiger partial charge is 0.248 e. The summed E-state index contributed by atoms with van der Waals surface area (Å²) in [6, 6.07) is 28.7. The average Bonchev–Trinajstić information content (AvgIpc) is 3.40. The van der Waals surface area contributed by atoms with Gasteiger partial charge >= 0.3 is 0 Å². The van der Waals surface area contributed by atoms with Crippen molar-refractivity contribution in [3.63, 3.8) is 0 Å². The third-order valence-corrected chi connectivity index (χ3v) is 6.53. The molecule has 0 aliphatic heterocycles. The van der Waals surface area contributed by atoms with Gasteiger partial charge in [-0.2, -0.15) is 0 Å². The van der Waals surface area contributed by atoms with E-state index < -0.39 is 6.04 Å². The molecule has 4 aromatic rings. The normalized spacial score (nSPS) is 11.5. The maximum Gasteiger partial charge on any atom is 0.248 e. The molecule has 0 fully saturated rings. The number of benzene rings is 3. The highest BCUT2D eigenvalue weighted by molar-refractivity contribution is 7.10. The topological polar surface area (TPSA) is 66.5 Å². The van der Waals surface area contributed by atoms with Crippen molar-refractivity contribution in [3.8, 4) is 0 Å². The first-order valence-corrected chi connectivity index (χ1v) is 12.2. The number of Topliss-reactive ketones (excluding diaryl/α,β-unsaturated/α-hetero) is 1. The van der Waals surface area contributed by atoms with E-state index in [1.807, 2.05) is 78.2 Å². The summed E-state index contributed by atoms with van der Waals surface area (Å²) in [4.78, 5) is 41.6. The van der Waals surface area contributed by atoms with Gasteiger partial charge in [-0.1, -0.05) is 66.7 Å². The maximum atomic E-state index is 13.7. The Hall–Kier alpha value is -4.03. The molecular formula is C29H26N2O3S. The lowest BCUT2D eigenvalue weighted by atomic mass is 10.0. The van der Waals surface area contributed by atoms with Gasteiger partial charge in [-0.3, -0.25) is 19.3 Å². The number of thiophene rings is 1. The molecule has 1 atom stereocenters. The SMILES string of the molecule is CC(=O)c1ccc(N(C(=O)Cc2cccs2)[C@H](C(=O)NCc2ccccc2)c2ccccc2)cc1. The molecule has 6 heteroatoms. The van der Waals surface area contributed by atoms with Gasteiger partial charge in [0.15, 0.2) is 5.78 Å². The summed E-state index contributed by atoms with van der Waals surface area (Å²) in [5.41, 5.74) is 2.77. The Morgan fingerprint density at radius 2 is 1.49 bits per heavy atom. The number of hydrogen-bond acceptors (Lipinski definition) is 4. The fraction of sp³-hybridized carbons (Fsp3) is 0.138. The molecule has 176 valence electrons. The standard InChI is InChI=1S/C29H26N2O3S/c1-21(32)23-14-16-25(17-15-23)31(27(33)19-26-13-8-18-35-26)28(24-11-6-3-7-12-24)29(34)30-20-22-9-4-2-5-10-22/h2-18,28H,19-20H2,1H3,(H,30,34)/t28-/m0/s1. The van der Waals surface area contributed by atoms with Crippen LogP contribution in [0.3, 0.4) is 0 Å². The Labute approximate surface area is 209 Å². The van der Waals surface area contributed by atoms with Crippen molar-refractivity contribution in [3.05, 3.63) is 124 Å². The fourth-order valence-electron chi connectivity index (χ4n) is 3.88. The van der Waals surface area contributed by atoms with Crippen LogP contribution in [0.4, 0.5) is 5.69 Å². The minimum absolute atomic E-state index is 0.0618. The van der Waals surface area contributed by atoms with Crippen molar-refractivity contribution in [2.45, 2.75) is 25.9 Å². The Balaban J connectivity index is 1.72. The molecule has 35 heavy (non-hydrogen) atoms. The molecule has 0 spiro atoms. The average molecular weight is 483 g/mol. The van der Waals surface area contributed by atoms with E-state index in [0.717, 1.165) is 10.4 Å². The van der Waals surface area contributed by atoms with Gasteiger partial charge in [0.1, 0.15) is 6.04 Å². The molecule has 0 bridgehead atoms. The molecule has 4 rings (SSSR count). The van der Waals surface area contributed by atoms with Crippen molar-refractivity contribution in [2.75, 3.05) is 4.90 Å². The van der Waals surface area contributed by atoms with Crippen molar-refractivity contribution in [1.82, 2.24) is 5.32 Å². The number of carbonyl (C=O) groups excluding carboxylic acids is 3. The van der Waals surface area contributed by atoms with E-state index >= 15 is 0 Å². The highest BCUT2D eigenvalue weighted by atomic mass is 32.1. The summed E-state index contributed by atoms with van der Waals surface area (Å²) in [5.74, 6) is -0.546. The summed E-state index contributed by atoms with van der Waals surface area (Å²) < 4.78 is 0. The zero-order valence-electron chi connectivity index (χ0n) is 19.4. The van der Waals surface area contributed by atoms with Gasteiger partial charge in [0.25, 0.3) is 0 Å². The van der Waals surface area contributed by atoms with Gasteiger partial charge in [0.2, 0.25) is 11.8 Å². The minimum Gasteiger partial charge on any atom is -0.350 e. The molecule has 0 radical (unpaired) electrons. The first-order valence-electron chi connectivity index (χ1n) is 11.3. The van der Waals surface area contributed by atoms with Crippen molar-refractivity contribution >= 4 is 34.6 Å². The van der Waals surface area contributed by atoms with Crippen LogP contribution < -0.4 is 10.2 Å². The lowest BCUT2D eigenvalue weighted by molar-refractivity contribution is -0.126. The highest BCUT2D eigenvalue weighted by Crippen LogP contribution is 2.30. The number of amides is 2. The van der Waals surface area contributed by atoms with Gasteiger partial charge in [0, 0.05) is 22.7 Å². The van der Waals surface area contributed by atoms with Gasteiger partial charge in [0.05, 0.1) is 6.42 Å². The molecule has 0 unspecified atom stereocenters. The van der Waals surface area contributed by atoms with Crippen LogP contribution in [-0.2, 0) is 22.6 Å². The van der Waals surface area contributed by atoms with Crippen LogP contribution in [0.2, 0.25) is 0 Å². The molecule has 2 amide bonds. The third-order valence-electron chi connectivity index (χ3n) is 5.66. The third kappa shape index (κ3) is 6.11. The Kier molecular flexibility index (Phi) is 7.85. The second kappa shape index (κ2) is 11.4. The summed E-state index contributed by atoms with van der Waals surface area (Å²) in [6.07, 6.45) is 0.168. The summed E-state index contributed by atoms with van der Waals surface area (Å²) in [6.45, 7) is 1.84. The second-order valence-corrected chi connectivity index (χ2v) is 9.17. The lowest BCUT2D eigenvalue weighted by Crippen LogP contribution is -2.44. The van der Waals surface area contributed by atoms with Crippen LogP contribution in [0.15, 0.2) is 102 Å². The number of anilines is 1. The fourth-order valence-corrected chi connectivity index (χ4v) is 4.57. The predicted molar refractivity (Wildman–Crippen MR) is 139 cm³/mol. The second-order valence-electron chi connectivity index (χ2n) is 8.14. The van der Waals surface area contributed by atoms with E-state index in [1.54, 1.807) is 29.2 Å². The van der Waals surface area contributed by atoms with Gasteiger partial charge in [-0.05, 0) is 53.8 Å². The monoisotopic (exact) mass is 482 g/mol. The van der Waals surface area contributed by atoms with E-state index in [4.69, 9.17) is 0 Å². The number of rotatable bonds is 9. The van der Waals surface area contributed by atoms with Crippen LogP contribution in [0, 0.1) is 0 Å². The van der Waals surface area contributed by atoms with Gasteiger partial charge in [-0.25, -0.2) is 0 Å². The van der Waals surface area contributed by atoms with Crippen LogP contribution in [0.25, 0.3) is 0 Å². The van der Waals surface area contributed by atoms with Crippen LogP contribution in [-0.4, -0.2) is 17.6 Å². The Morgan fingerprint density at radius 3 is 2.09 bits per heavy atom. The molecule has 0 saturated heterocycles. The molecular weight excluding hydrogens is 456 g/mol. The molecule has 1 N–H and O–H groups in total. The predicted octanol–water partition coefficient (Wildman–Crippen LogP) is 5.58. The van der Waals surface area contributed by atoms with E-state index in [9.17, 15) is 14.4 Å². The van der Waals surface area contributed by atoms with Gasteiger partial charge < -0.3 is 5.32 Å². The molecule has 0 aliphatic carbocycles. The van der Waals surface area contributed by atoms with Crippen molar-refractivity contribution < 1.29 is 14.4 Å². The number of hydrogen-bond donors (Lipinski definition) is 1. The molecule has 0 saturated carbocycles. The quantitative estimate of drug-likeness (QED) is 0.317.